The second kappa shape index (κ2) is 18.3. The van der Waals surface area contributed by atoms with Crippen LogP contribution in [0.4, 0.5) is 0 Å². The average molecular weight is 349 g/mol. The largest absolute Gasteiger partial charge is 0.394 e. The lowest BCUT2D eigenvalue weighted by atomic mass is 10.3. The van der Waals surface area contributed by atoms with Gasteiger partial charge < -0.3 is 34.1 Å². The van der Waals surface area contributed by atoms with Crippen LogP contribution in [0.1, 0.15) is 6.92 Å². The zero-order valence-electron chi connectivity index (χ0n) is 14.6. The van der Waals surface area contributed by atoms with E-state index in [0.717, 1.165) is 0 Å². The Morgan fingerprint density at radius 2 is 1.17 bits per heavy atom. The van der Waals surface area contributed by atoms with E-state index >= 15 is 0 Å². The number of carbonyl (C=O) groups is 1. The van der Waals surface area contributed by atoms with Gasteiger partial charge in [0.05, 0.1) is 72.7 Å². The molecule has 0 aliphatic rings. The Morgan fingerprint density at radius 1 is 0.792 bits per heavy atom. The van der Waals surface area contributed by atoms with Gasteiger partial charge in [-0.05, 0) is 6.92 Å². The smallest absolute Gasteiger partial charge is 0.246 e. The Morgan fingerprint density at radius 3 is 1.54 bits per heavy atom. The molecule has 8 heteroatoms. The van der Waals surface area contributed by atoms with E-state index in [-0.39, 0.29) is 12.5 Å². The van der Waals surface area contributed by atoms with Gasteiger partial charge in [0.25, 0.3) is 0 Å². The first kappa shape index (κ1) is 23.0. The molecule has 8 nitrogen and oxygen atoms in total. The summed E-state index contributed by atoms with van der Waals surface area (Å²) < 4.78 is 26.3. The molecule has 0 aromatic carbocycles. The minimum atomic E-state index is -0.159. The molecular formula is C16H31NO7. The molecule has 24 heavy (non-hydrogen) atoms. The van der Waals surface area contributed by atoms with E-state index in [0.29, 0.717) is 78.2 Å². The molecule has 0 atom stereocenters. The number of ether oxygens (including phenoxy) is 5. The normalized spacial score (nSPS) is 10.8. The highest BCUT2D eigenvalue weighted by Gasteiger charge is 1.99. The molecule has 0 saturated heterocycles. The highest BCUT2D eigenvalue weighted by molar-refractivity contribution is 5.91. The van der Waals surface area contributed by atoms with Gasteiger partial charge in [-0.1, -0.05) is 6.58 Å². The summed E-state index contributed by atoms with van der Waals surface area (Å²) in [6.45, 7) is 10.4. The van der Waals surface area contributed by atoms with Gasteiger partial charge in [-0.25, -0.2) is 0 Å². The maximum atomic E-state index is 11.2. The molecule has 0 saturated carbocycles. The number of hydrogen-bond donors (Lipinski definition) is 2. The molecule has 2 N–H and O–H groups in total. The van der Waals surface area contributed by atoms with Crippen molar-refractivity contribution >= 4 is 5.91 Å². The van der Waals surface area contributed by atoms with Crippen LogP contribution in [0, 0.1) is 0 Å². The van der Waals surface area contributed by atoms with Crippen LogP contribution in [0.3, 0.4) is 0 Å². The molecule has 0 radical (unpaired) electrons. The van der Waals surface area contributed by atoms with Gasteiger partial charge in [0, 0.05) is 12.1 Å². The summed E-state index contributed by atoms with van der Waals surface area (Å²) in [7, 11) is 0. The molecule has 142 valence electrons. The van der Waals surface area contributed by atoms with Crippen molar-refractivity contribution in [1.82, 2.24) is 5.32 Å². The molecule has 0 heterocycles. The van der Waals surface area contributed by atoms with E-state index in [1.54, 1.807) is 6.92 Å². The first-order valence-electron chi connectivity index (χ1n) is 8.11. The molecule has 0 unspecified atom stereocenters. The molecule has 1 amide bonds. The van der Waals surface area contributed by atoms with Gasteiger partial charge in [0.2, 0.25) is 5.91 Å². The van der Waals surface area contributed by atoms with Crippen molar-refractivity contribution in [2.75, 3.05) is 79.2 Å². The number of nitrogens with one attached hydrogen (secondary N) is 1. The fourth-order valence-corrected chi connectivity index (χ4v) is 1.43. The maximum absolute atomic E-state index is 11.2. The molecule has 0 aliphatic carbocycles. The number of amides is 1. The van der Waals surface area contributed by atoms with Gasteiger partial charge in [-0.3, -0.25) is 4.79 Å². The van der Waals surface area contributed by atoms with Gasteiger partial charge in [0.1, 0.15) is 0 Å². The second-order valence-electron chi connectivity index (χ2n) is 4.82. The molecular weight excluding hydrogens is 318 g/mol. The van der Waals surface area contributed by atoms with Gasteiger partial charge in [-0.2, -0.15) is 0 Å². The number of aliphatic hydroxyl groups excluding tert-OH is 1. The lowest BCUT2D eigenvalue weighted by Crippen LogP contribution is -2.27. The number of rotatable bonds is 18. The third kappa shape index (κ3) is 17.3. The predicted octanol–water partition coefficient (Wildman–Crippen LogP) is -0.246. The molecule has 0 spiro atoms. The van der Waals surface area contributed by atoms with Crippen molar-refractivity contribution in [1.29, 1.82) is 0 Å². The van der Waals surface area contributed by atoms with Crippen LogP contribution in [-0.2, 0) is 28.5 Å². The summed E-state index contributed by atoms with van der Waals surface area (Å²) in [5.41, 5.74) is 0.485. The second-order valence-corrected chi connectivity index (χ2v) is 4.82. The molecule has 0 bridgehead atoms. The standard InChI is InChI=1S/C16H31NO7/c1-15(2)16(19)17-3-5-20-7-9-22-11-13-24-14-12-23-10-8-21-6-4-18/h18H,1,3-14H2,2H3,(H,17,19). The molecule has 0 aromatic heterocycles. The average Bonchev–Trinajstić information content (AvgIpc) is 2.57. The predicted molar refractivity (Wildman–Crippen MR) is 89.0 cm³/mol. The number of aliphatic hydroxyl groups is 1. The summed E-state index contributed by atoms with van der Waals surface area (Å²) in [4.78, 5) is 11.2. The SMILES string of the molecule is C=C(C)C(=O)NCCOCCOCCOCCOCCOCCO. The zero-order valence-corrected chi connectivity index (χ0v) is 14.6. The van der Waals surface area contributed by atoms with Crippen LogP contribution in [0.15, 0.2) is 12.2 Å². The summed E-state index contributed by atoms with van der Waals surface area (Å²) in [6, 6.07) is 0. The minimum Gasteiger partial charge on any atom is -0.394 e. The van der Waals surface area contributed by atoms with Gasteiger partial charge in [0.15, 0.2) is 0 Å². The van der Waals surface area contributed by atoms with E-state index in [2.05, 4.69) is 11.9 Å². The van der Waals surface area contributed by atoms with E-state index < -0.39 is 0 Å². The van der Waals surface area contributed by atoms with E-state index in [1.165, 1.54) is 0 Å². The third-order valence-corrected chi connectivity index (χ3v) is 2.64. The van der Waals surface area contributed by atoms with Crippen LogP contribution >= 0.6 is 0 Å². The molecule has 0 fully saturated rings. The topological polar surface area (TPSA) is 95.5 Å². The summed E-state index contributed by atoms with van der Waals surface area (Å²) in [5.74, 6) is -0.159. The lowest BCUT2D eigenvalue weighted by Gasteiger charge is -2.08. The Bertz CT molecular complexity index is 313. The Balaban J connectivity index is 3.05. The van der Waals surface area contributed by atoms with E-state index in [1.807, 2.05) is 0 Å². The first-order chi connectivity index (χ1) is 11.7. The van der Waals surface area contributed by atoms with Crippen molar-refractivity contribution in [3.63, 3.8) is 0 Å². The van der Waals surface area contributed by atoms with Crippen molar-refractivity contribution < 1.29 is 33.6 Å². The molecule has 0 aliphatic heterocycles. The fraction of sp³-hybridized carbons (Fsp3) is 0.812. The quantitative estimate of drug-likeness (QED) is 0.260. The van der Waals surface area contributed by atoms with Crippen LogP contribution in [0.25, 0.3) is 0 Å². The van der Waals surface area contributed by atoms with Crippen LogP contribution < -0.4 is 5.32 Å². The first-order valence-corrected chi connectivity index (χ1v) is 8.11. The van der Waals surface area contributed by atoms with Crippen molar-refractivity contribution in [2.24, 2.45) is 0 Å². The number of hydrogen-bond acceptors (Lipinski definition) is 7. The van der Waals surface area contributed by atoms with Crippen LogP contribution in [0.2, 0.25) is 0 Å². The summed E-state index contributed by atoms with van der Waals surface area (Å²) in [5, 5.41) is 11.2. The fourth-order valence-electron chi connectivity index (χ4n) is 1.43. The Hall–Kier alpha value is -1.03. The van der Waals surface area contributed by atoms with Gasteiger partial charge in [-0.15, -0.1) is 0 Å². The third-order valence-electron chi connectivity index (χ3n) is 2.64. The van der Waals surface area contributed by atoms with E-state index in [9.17, 15) is 4.79 Å². The summed E-state index contributed by atoms with van der Waals surface area (Å²) in [6.07, 6.45) is 0. The number of carbonyl (C=O) groups excluding carboxylic acids is 1. The van der Waals surface area contributed by atoms with Crippen molar-refractivity contribution in [3.8, 4) is 0 Å². The van der Waals surface area contributed by atoms with Crippen molar-refractivity contribution in [3.05, 3.63) is 12.2 Å². The monoisotopic (exact) mass is 349 g/mol. The Kier molecular flexibility index (Phi) is 17.5. The summed E-state index contributed by atoms with van der Waals surface area (Å²) >= 11 is 0. The lowest BCUT2D eigenvalue weighted by molar-refractivity contribution is -0.117. The minimum absolute atomic E-state index is 0.0275. The van der Waals surface area contributed by atoms with E-state index in [4.69, 9.17) is 28.8 Å². The highest BCUT2D eigenvalue weighted by atomic mass is 16.6. The van der Waals surface area contributed by atoms with Crippen LogP contribution in [-0.4, -0.2) is 90.2 Å². The zero-order chi connectivity index (χ0) is 17.9. The molecule has 0 rings (SSSR count). The van der Waals surface area contributed by atoms with Crippen LogP contribution in [0.5, 0.6) is 0 Å². The molecule has 0 aromatic rings. The highest BCUT2D eigenvalue weighted by Crippen LogP contribution is 1.86. The van der Waals surface area contributed by atoms with Gasteiger partial charge >= 0.3 is 0 Å². The van der Waals surface area contributed by atoms with Crippen molar-refractivity contribution in [2.45, 2.75) is 6.92 Å². The Labute approximate surface area is 144 Å². The maximum Gasteiger partial charge on any atom is 0.246 e.